The predicted molar refractivity (Wildman–Crippen MR) is 125 cm³/mol. The minimum absolute atomic E-state index is 0.0706. The average Bonchev–Trinajstić information content (AvgIpc) is 3.13. The summed E-state index contributed by atoms with van der Waals surface area (Å²) in [7, 11) is 0. The molecule has 31 heavy (non-hydrogen) atoms. The maximum Gasteiger partial charge on any atom is 0.271 e. The van der Waals surface area contributed by atoms with Gasteiger partial charge in [0.2, 0.25) is 0 Å². The summed E-state index contributed by atoms with van der Waals surface area (Å²) in [6.45, 7) is 5.00. The fourth-order valence-corrected chi connectivity index (χ4v) is 3.91. The Labute approximate surface area is 185 Å². The third-order valence-corrected chi connectivity index (χ3v) is 5.36. The number of fused-ring (bicyclic) bond motifs is 1. The van der Waals surface area contributed by atoms with Crippen molar-refractivity contribution in [3.63, 3.8) is 0 Å². The largest absolute Gasteiger partial charge is 0.506 e. The second kappa shape index (κ2) is 8.66. The molecule has 1 amide bonds. The molecule has 0 aliphatic rings. The van der Waals surface area contributed by atoms with Gasteiger partial charge >= 0.3 is 0 Å². The maximum absolute atomic E-state index is 12.3. The molecule has 6 heteroatoms. The minimum atomic E-state index is -0.405. The van der Waals surface area contributed by atoms with Gasteiger partial charge in [-0.15, -0.1) is 0 Å². The zero-order valence-corrected chi connectivity index (χ0v) is 18.0. The van der Waals surface area contributed by atoms with Gasteiger partial charge in [-0.1, -0.05) is 53.1 Å². The van der Waals surface area contributed by atoms with Crippen LogP contribution in [0.4, 0.5) is 0 Å². The summed E-state index contributed by atoms with van der Waals surface area (Å²) in [4.78, 5) is 12.3. The third-order valence-electron chi connectivity index (χ3n) is 5.06. The number of hydrazone groups is 1. The van der Waals surface area contributed by atoms with Crippen LogP contribution in [0.3, 0.4) is 0 Å². The number of nitrogens with zero attached hydrogens (tertiary/aromatic N) is 2. The maximum atomic E-state index is 12.3. The van der Waals surface area contributed by atoms with Gasteiger partial charge in [0.25, 0.3) is 5.91 Å². The number of aromatic nitrogens is 1. The second-order valence-corrected chi connectivity index (χ2v) is 7.99. The number of aromatic hydroxyl groups is 1. The molecule has 0 bridgehead atoms. The van der Waals surface area contributed by atoms with E-state index in [1.165, 1.54) is 34.9 Å². The fourth-order valence-electron chi connectivity index (χ4n) is 3.73. The highest BCUT2D eigenvalue weighted by atomic mass is 35.5. The predicted octanol–water partition coefficient (Wildman–Crippen LogP) is 5.43. The summed E-state index contributed by atoms with van der Waals surface area (Å²) < 4.78 is 2.21. The number of carbonyl (C=O) groups excluding carboxylic acids is 1. The molecular formula is C25H22ClN3O2. The van der Waals surface area contributed by atoms with E-state index in [0.717, 1.165) is 23.0 Å². The van der Waals surface area contributed by atoms with Crippen LogP contribution in [0.15, 0.2) is 72.0 Å². The van der Waals surface area contributed by atoms with Gasteiger partial charge in [0.15, 0.2) is 0 Å². The number of aryl methyl sites for hydroxylation is 2. The lowest BCUT2D eigenvalue weighted by molar-refractivity contribution is 0.0955. The topological polar surface area (TPSA) is 66.6 Å². The van der Waals surface area contributed by atoms with E-state index in [0.29, 0.717) is 5.56 Å². The Balaban J connectivity index is 1.53. The Hall–Kier alpha value is -3.57. The van der Waals surface area contributed by atoms with Crippen LogP contribution >= 0.6 is 11.6 Å². The Morgan fingerprint density at radius 1 is 1.10 bits per heavy atom. The van der Waals surface area contributed by atoms with Crippen molar-refractivity contribution < 1.29 is 9.90 Å². The SMILES string of the molecule is Cc1cc(C)cc(Cn2ccc3c(/C=N/NC(=O)c4ccc(O)c(Cl)c4)cccc32)c1. The van der Waals surface area contributed by atoms with Crippen LogP contribution in [-0.4, -0.2) is 21.8 Å². The van der Waals surface area contributed by atoms with Gasteiger partial charge in [0, 0.05) is 34.8 Å². The van der Waals surface area contributed by atoms with Crippen LogP contribution in [-0.2, 0) is 6.54 Å². The molecule has 0 fully saturated rings. The molecule has 4 rings (SSSR count). The number of rotatable bonds is 5. The number of carbonyl (C=O) groups is 1. The van der Waals surface area contributed by atoms with E-state index < -0.39 is 5.91 Å². The molecule has 0 unspecified atom stereocenters. The minimum Gasteiger partial charge on any atom is -0.506 e. The van der Waals surface area contributed by atoms with Gasteiger partial charge in [-0.2, -0.15) is 5.10 Å². The molecule has 1 heterocycles. The Morgan fingerprint density at radius 2 is 1.87 bits per heavy atom. The lowest BCUT2D eigenvalue weighted by atomic mass is 10.1. The van der Waals surface area contributed by atoms with Crippen LogP contribution in [0, 0.1) is 13.8 Å². The van der Waals surface area contributed by atoms with Crippen LogP contribution in [0.2, 0.25) is 5.02 Å². The van der Waals surface area contributed by atoms with Gasteiger partial charge in [0.1, 0.15) is 5.75 Å². The van der Waals surface area contributed by atoms with Crippen molar-refractivity contribution >= 4 is 34.6 Å². The molecule has 5 nitrogen and oxygen atoms in total. The molecule has 0 atom stereocenters. The molecular weight excluding hydrogens is 410 g/mol. The molecule has 0 saturated heterocycles. The number of amides is 1. The molecule has 156 valence electrons. The summed E-state index contributed by atoms with van der Waals surface area (Å²) in [5.74, 6) is -0.476. The van der Waals surface area contributed by atoms with Crippen LogP contribution in [0.25, 0.3) is 10.9 Å². The summed E-state index contributed by atoms with van der Waals surface area (Å²) in [5.41, 5.74) is 8.59. The van der Waals surface area contributed by atoms with E-state index in [4.69, 9.17) is 11.6 Å². The highest BCUT2D eigenvalue weighted by molar-refractivity contribution is 6.32. The van der Waals surface area contributed by atoms with Crippen molar-refractivity contribution in [2.24, 2.45) is 5.10 Å². The zero-order valence-electron chi connectivity index (χ0n) is 17.3. The van der Waals surface area contributed by atoms with E-state index >= 15 is 0 Å². The first-order chi connectivity index (χ1) is 14.9. The van der Waals surface area contributed by atoms with E-state index in [1.54, 1.807) is 6.21 Å². The van der Waals surface area contributed by atoms with E-state index in [2.05, 4.69) is 65.5 Å². The van der Waals surface area contributed by atoms with Crippen molar-refractivity contribution in [2.45, 2.75) is 20.4 Å². The highest BCUT2D eigenvalue weighted by Crippen LogP contribution is 2.24. The Bertz CT molecular complexity index is 1290. The van der Waals surface area contributed by atoms with Crippen molar-refractivity contribution in [2.75, 3.05) is 0 Å². The van der Waals surface area contributed by atoms with Gasteiger partial charge in [-0.25, -0.2) is 5.43 Å². The average molecular weight is 432 g/mol. The molecule has 0 saturated carbocycles. The number of nitrogens with one attached hydrogen (secondary N) is 1. The fraction of sp³-hybridized carbons (Fsp3) is 0.120. The van der Waals surface area contributed by atoms with Gasteiger partial charge < -0.3 is 9.67 Å². The number of hydrogen-bond acceptors (Lipinski definition) is 3. The van der Waals surface area contributed by atoms with Crippen LogP contribution < -0.4 is 5.43 Å². The highest BCUT2D eigenvalue weighted by Gasteiger charge is 2.08. The monoisotopic (exact) mass is 431 g/mol. The van der Waals surface area contributed by atoms with E-state index in [-0.39, 0.29) is 10.8 Å². The first kappa shape index (κ1) is 20.7. The summed E-state index contributed by atoms with van der Waals surface area (Å²) in [6, 6.07) is 18.9. The van der Waals surface area contributed by atoms with E-state index in [1.807, 2.05) is 12.1 Å². The zero-order chi connectivity index (χ0) is 22.0. The van der Waals surface area contributed by atoms with Gasteiger partial charge in [0.05, 0.1) is 11.2 Å². The number of benzene rings is 3. The summed E-state index contributed by atoms with van der Waals surface area (Å²) >= 11 is 5.86. The molecule has 2 N–H and O–H groups in total. The Morgan fingerprint density at radius 3 is 2.61 bits per heavy atom. The Kier molecular flexibility index (Phi) is 5.78. The summed E-state index contributed by atoms with van der Waals surface area (Å²) in [5, 5.41) is 14.7. The van der Waals surface area contributed by atoms with Crippen molar-refractivity contribution in [1.29, 1.82) is 0 Å². The molecule has 0 radical (unpaired) electrons. The number of hydrogen-bond donors (Lipinski definition) is 2. The van der Waals surface area contributed by atoms with Crippen LogP contribution in [0.1, 0.15) is 32.6 Å². The van der Waals surface area contributed by atoms with Crippen LogP contribution in [0.5, 0.6) is 5.75 Å². The molecule has 0 aliphatic carbocycles. The third kappa shape index (κ3) is 4.62. The number of halogens is 1. The molecule has 0 spiro atoms. The quantitative estimate of drug-likeness (QED) is 0.327. The van der Waals surface area contributed by atoms with Gasteiger partial charge in [-0.3, -0.25) is 4.79 Å². The lowest BCUT2D eigenvalue weighted by Crippen LogP contribution is -2.17. The smallest absolute Gasteiger partial charge is 0.271 e. The van der Waals surface area contributed by atoms with Crippen molar-refractivity contribution in [1.82, 2.24) is 9.99 Å². The molecule has 3 aromatic carbocycles. The van der Waals surface area contributed by atoms with Crippen molar-refractivity contribution in [3.8, 4) is 5.75 Å². The first-order valence-corrected chi connectivity index (χ1v) is 10.3. The molecule has 4 aromatic rings. The van der Waals surface area contributed by atoms with E-state index in [9.17, 15) is 9.90 Å². The molecule has 0 aliphatic heterocycles. The normalized spacial score (nSPS) is 11.3. The number of phenols is 1. The van der Waals surface area contributed by atoms with Gasteiger partial charge in [-0.05, 0) is 49.7 Å². The summed E-state index contributed by atoms with van der Waals surface area (Å²) in [6.07, 6.45) is 3.69. The first-order valence-electron chi connectivity index (χ1n) is 9.87. The molecule has 1 aromatic heterocycles. The van der Waals surface area contributed by atoms with Crippen molar-refractivity contribution in [3.05, 3.63) is 99.7 Å². The lowest BCUT2D eigenvalue weighted by Gasteiger charge is -2.08. The number of phenolic OH excluding ortho intramolecular Hbond substituents is 1. The second-order valence-electron chi connectivity index (χ2n) is 7.58. The standard InChI is InChI=1S/C25H22ClN3O2/c1-16-10-17(2)12-18(11-16)15-29-9-8-21-20(4-3-5-23(21)29)14-27-28-25(31)19-6-7-24(30)22(26)13-19/h3-14,30H,15H2,1-2H3,(H,28,31)/b27-14+.